The molecule has 1 aromatic carbocycles. The molecule has 0 aromatic heterocycles. The molecule has 1 aliphatic carbocycles. The van der Waals surface area contributed by atoms with Crippen molar-refractivity contribution in [3.63, 3.8) is 0 Å². The van der Waals surface area contributed by atoms with Crippen molar-refractivity contribution in [3.8, 4) is 11.5 Å². The molecule has 0 bridgehead atoms. The number of carbonyl (C=O) groups is 2. The highest BCUT2D eigenvalue weighted by Crippen LogP contribution is 2.28. The van der Waals surface area contributed by atoms with Gasteiger partial charge in [0.25, 0.3) is 0 Å². The average molecular weight is 391 g/mol. The largest absolute Gasteiger partial charge is 0.493 e. The standard InChI is InChI=1S/C19H25N3O4S/c1-25-15-10-8-13(12-16(15)26-2)9-11-17(23)20-19(27)22-21-18(24)14-6-4-3-5-7-14/h8-12,14H,3-7H2,1-2H3,(H,21,24)(H2,20,22,23,27)/b11-9+. The number of hydrazine groups is 1. The molecule has 1 aliphatic rings. The Balaban J connectivity index is 1.79. The molecule has 1 fully saturated rings. The minimum atomic E-state index is -0.408. The van der Waals surface area contributed by atoms with Gasteiger partial charge in [-0.1, -0.05) is 25.3 Å². The van der Waals surface area contributed by atoms with Crippen LogP contribution in [0.2, 0.25) is 0 Å². The number of hydrogen-bond acceptors (Lipinski definition) is 5. The Labute approximate surface area is 164 Å². The van der Waals surface area contributed by atoms with Crippen LogP contribution in [0.15, 0.2) is 24.3 Å². The summed E-state index contributed by atoms with van der Waals surface area (Å²) in [5.41, 5.74) is 5.90. The molecule has 0 unspecified atom stereocenters. The average Bonchev–Trinajstić information content (AvgIpc) is 2.70. The Morgan fingerprint density at radius 1 is 1.07 bits per heavy atom. The summed E-state index contributed by atoms with van der Waals surface area (Å²) in [7, 11) is 3.10. The lowest BCUT2D eigenvalue weighted by Gasteiger charge is -2.21. The Hall–Kier alpha value is -2.61. The first kappa shape index (κ1) is 20.7. The summed E-state index contributed by atoms with van der Waals surface area (Å²) in [6, 6.07) is 5.30. The van der Waals surface area contributed by atoms with Crippen LogP contribution in [0.5, 0.6) is 11.5 Å². The predicted octanol–water partition coefficient (Wildman–Crippen LogP) is 2.32. The quantitative estimate of drug-likeness (QED) is 0.406. The van der Waals surface area contributed by atoms with Crippen molar-refractivity contribution in [2.45, 2.75) is 32.1 Å². The molecule has 7 nitrogen and oxygen atoms in total. The van der Waals surface area contributed by atoms with Crippen LogP contribution < -0.4 is 25.6 Å². The molecule has 146 valence electrons. The molecule has 0 aliphatic heterocycles. The molecule has 1 saturated carbocycles. The molecule has 2 rings (SSSR count). The van der Waals surface area contributed by atoms with E-state index in [-0.39, 0.29) is 16.9 Å². The van der Waals surface area contributed by atoms with Gasteiger partial charge in [0, 0.05) is 12.0 Å². The first-order chi connectivity index (χ1) is 13.0. The van der Waals surface area contributed by atoms with Gasteiger partial charge < -0.3 is 9.47 Å². The zero-order chi connectivity index (χ0) is 19.6. The predicted molar refractivity (Wildman–Crippen MR) is 107 cm³/mol. The minimum Gasteiger partial charge on any atom is -0.493 e. The molecular weight excluding hydrogens is 366 g/mol. The molecule has 27 heavy (non-hydrogen) atoms. The number of ether oxygens (including phenoxy) is 2. The van der Waals surface area contributed by atoms with E-state index in [9.17, 15) is 9.59 Å². The Bertz CT molecular complexity index is 715. The summed E-state index contributed by atoms with van der Waals surface area (Å²) in [5.74, 6) is 0.692. The van der Waals surface area contributed by atoms with Gasteiger partial charge in [0.15, 0.2) is 16.6 Å². The maximum absolute atomic E-state index is 12.0. The SMILES string of the molecule is COc1ccc(/C=C/C(=O)NC(=S)NNC(=O)C2CCCCC2)cc1OC. The highest BCUT2D eigenvalue weighted by Gasteiger charge is 2.20. The molecule has 0 spiro atoms. The third kappa shape index (κ3) is 6.56. The van der Waals surface area contributed by atoms with Gasteiger partial charge in [-0.15, -0.1) is 0 Å². The highest BCUT2D eigenvalue weighted by atomic mass is 32.1. The lowest BCUT2D eigenvalue weighted by atomic mass is 9.89. The minimum absolute atomic E-state index is 0.00898. The summed E-state index contributed by atoms with van der Waals surface area (Å²) < 4.78 is 10.4. The molecule has 0 atom stereocenters. The smallest absolute Gasteiger partial charge is 0.250 e. The second kappa shape index (κ2) is 10.5. The van der Waals surface area contributed by atoms with Gasteiger partial charge in [-0.05, 0) is 48.8 Å². The van der Waals surface area contributed by atoms with E-state index in [1.165, 1.54) is 12.5 Å². The zero-order valence-electron chi connectivity index (χ0n) is 15.5. The van der Waals surface area contributed by atoms with Crippen LogP contribution in [0.1, 0.15) is 37.7 Å². The maximum atomic E-state index is 12.0. The first-order valence-electron chi connectivity index (χ1n) is 8.84. The number of amides is 2. The van der Waals surface area contributed by atoms with Crippen molar-refractivity contribution in [1.82, 2.24) is 16.2 Å². The fraction of sp³-hybridized carbons (Fsp3) is 0.421. The molecular formula is C19H25N3O4S. The van der Waals surface area contributed by atoms with Crippen LogP contribution in [0.3, 0.4) is 0 Å². The summed E-state index contributed by atoms with van der Waals surface area (Å²) in [6.45, 7) is 0. The molecule has 2 amide bonds. The number of carbonyl (C=O) groups excluding carboxylic acids is 2. The van der Waals surface area contributed by atoms with Crippen molar-refractivity contribution < 1.29 is 19.1 Å². The van der Waals surface area contributed by atoms with E-state index in [4.69, 9.17) is 21.7 Å². The van der Waals surface area contributed by atoms with Crippen molar-refractivity contribution in [3.05, 3.63) is 29.8 Å². The molecule has 1 aromatic rings. The normalized spacial score (nSPS) is 14.4. The molecule has 0 radical (unpaired) electrons. The van der Waals surface area contributed by atoms with E-state index in [1.807, 2.05) is 0 Å². The van der Waals surface area contributed by atoms with Gasteiger partial charge in [0.2, 0.25) is 11.8 Å². The van der Waals surface area contributed by atoms with E-state index in [0.717, 1.165) is 31.2 Å². The number of hydrogen-bond donors (Lipinski definition) is 3. The number of methoxy groups -OCH3 is 2. The third-order valence-electron chi connectivity index (χ3n) is 4.35. The molecule has 0 saturated heterocycles. The monoisotopic (exact) mass is 391 g/mol. The Morgan fingerprint density at radius 3 is 2.44 bits per heavy atom. The third-order valence-corrected chi connectivity index (χ3v) is 4.55. The number of benzene rings is 1. The number of nitrogens with one attached hydrogen (secondary N) is 3. The van der Waals surface area contributed by atoms with Crippen LogP contribution in [-0.4, -0.2) is 31.1 Å². The lowest BCUT2D eigenvalue weighted by Crippen LogP contribution is -2.50. The van der Waals surface area contributed by atoms with Crippen LogP contribution in [0.4, 0.5) is 0 Å². The Kier molecular flexibility index (Phi) is 8.06. The van der Waals surface area contributed by atoms with Crippen molar-refractivity contribution in [2.75, 3.05) is 14.2 Å². The summed E-state index contributed by atoms with van der Waals surface area (Å²) >= 11 is 5.03. The van der Waals surface area contributed by atoms with E-state index in [1.54, 1.807) is 38.5 Å². The van der Waals surface area contributed by atoms with E-state index in [0.29, 0.717) is 11.5 Å². The number of rotatable bonds is 5. The van der Waals surface area contributed by atoms with Gasteiger partial charge in [0.1, 0.15) is 0 Å². The summed E-state index contributed by atoms with van der Waals surface area (Å²) in [5, 5.41) is 2.53. The second-order valence-electron chi connectivity index (χ2n) is 6.22. The van der Waals surface area contributed by atoms with E-state index < -0.39 is 5.91 Å². The fourth-order valence-corrected chi connectivity index (χ4v) is 3.05. The first-order valence-corrected chi connectivity index (χ1v) is 9.25. The number of thiocarbonyl (C=S) groups is 1. The van der Waals surface area contributed by atoms with Gasteiger partial charge in [-0.3, -0.25) is 25.8 Å². The van der Waals surface area contributed by atoms with Crippen LogP contribution >= 0.6 is 12.2 Å². The zero-order valence-corrected chi connectivity index (χ0v) is 16.4. The van der Waals surface area contributed by atoms with Crippen molar-refractivity contribution in [1.29, 1.82) is 0 Å². The second-order valence-corrected chi connectivity index (χ2v) is 6.62. The van der Waals surface area contributed by atoms with E-state index >= 15 is 0 Å². The Morgan fingerprint density at radius 2 is 1.78 bits per heavy atom. The van der Waals surface area contributed by atoms with Gasteiger partial charge in [0.05, 0.1) is 14.2 Å². The van der Waals surface area contributed by atoms with Crippen molar-refractivity contribution in [2.24, 2.45) is 5.92 Å². The van der Waals surface area contributed by atoms with Crippen LogP contribution in [0, 0.1) is 5.92 Å². The van der Waals surface area contributed by atoms with E-state index in [2.05, 4.69) is 16.2 Å². The molecule has 8 heteroatoms. The van der Waals surface area contributed by atoms with Crippen molar-refractivity contribution >= 4 is 35.2 Å². The summed E-state index contributed by atoms with van der Waals surface area (Å²) in [6.07, 6.45) is 8.07. The lowest BCUT2D eigenvalue weighted by molar-refractivity contribution is -0.126. The summed E-state index contributed by atoms with van der Waals surface area (Å²) in [4.78, 5) is 24.0. The highest BCUT2D eigenvalue weighted by molar-refractivity contribution is 7.80. The van der Waals surface area contributed by atoms with Crippen LogP contribution in [-0.2, 0) is 9.59 Å². The molecule has 0 heterocycles. The maximum Gasteiger partial charge on any atom is 0.250 e. The van der Waals surface area contributed by atoms with Crippen LogP contribution in [0.25, 0.3) is 6.08 Å². The van der Waals surface area contributed by atoms with Gasteiger partial charge in [-0.25, -0.2) is 0 Å². The molecule has 3 N–H and O–H groups in total. The van der Waals surface area contributed by atoms with Gasteiger partial charge in [-0.2, -0.15) is 0 Å². The van der Waals surface area contributed by atoms with Gasteiger partial charge >= 0.3 is 0 Å². The topological polar surface area (TPSA) is 88.7 Å². The fourth-order valence-electron chi connectivity index (χ4n) is 2.90.